The Morgan fingerprint density at radius 2 is 1.31 bits per heavy atom. The summed E-state index contributed by atoms with van der Waals surface area (Å²) in [4.78, 5) is 0. The van der Waals surface area contributed by atoms with E-state index in [9.17, 15) is 9.32 Å². The largest absolute Gasteiger partial charge is 0.390 e. The molecule has 0 bridgehead atoms. The Morgan fingerprint density at radius 1 is 1.00 bits per heavy atom. The first-order valence-corrected chi connectivity index (χ1v) is 6.06. The van der Waals surface area contributed by atoms with E-state index >= 15 is 0 Å². The summed E-state index contributed by atoms with van der Waals surface area (Å²) < 4.78 is 11.2. The summed E-state index contributed by atoms with van der Waals surface area (Å²) in [5.41, 5.74) is -1.22. The Labute approximate surface area is 84.2 Å². The van der Waals surface area contributed by atoms with Gasteiger partial charge in [0.05, 0.1) is 5.60 Å². The summed E-state index contributed by atoms with van der Waals surface area (Å²) in [5.74, 6) is 0. The Hall–Kier alpha value is 0.110. The monoisotopic (exact) mass is 206 g/mol. The number of aliphatic hydroxyl groups is 1. The molecule has 0 aliphatic rings. The van der Waals surface area contributed by atoms with Crippen LogP contribution in [0.25, 0.3) is 0 Å². The topological polar surface area (TPSA) is 37.3 Å². The van der Waals surface area contributed by atoms with Gasteiger partial charge in [-0.3, -0.25) is 4.21 Å². The molecule has 0 amide bonds. The third-order valence-corrected chi connectivity index (χ3v) is 5.70. The maximum absolute atomic E-state index is 11.6. The molecule has 0 aromatic rings. The molecular weight excluding hydrogens is 184 g/mol. The highest BCUT2D eigenvalue weighted by atomic mass is 32.2. The molecule has 13 heavy (non-hydrogen) atoms. The van der Waals surface area contributed by atoms with Crippen LogP contribution in [0, 0.1) is 5.41 Å². The molecule has 3 heteroatoms. The molecule has 0 aliphatic carbocycles. The average Bonchev–Trinajstić information content (AvgIpc) is 1.84. The van der Waals surface area contributed by atoms with Crippen molar-refractivity contribution in [1.82, 2.24) is 0 Å². The minimum atomic E-state index is -0.952. The first kappa shape index (κ1) is 13.1. The van der Waals surface area contributed by atoms with Crippen molar-refractivity contribution in [3.05, 3.63) is 0 Å². The van der Waals surface area contributed by atoms with Crippen molar-refractivity contribution in [2.45, 2.75) is 51.9 Å². The van der Waals surface area contributed by atoms with Gasteiger partial charge in [0.1, 0.15) is 0 Å². The van der Waals surface area contributed by atoms with Gasteiger partial charge in [-0.25, -0.2) is 0 Å². The summed E-state index contributed by atoms with van der Waals surface area (Å²) in [7, 11) is -0.952. The molecule has 0 fully saturated rings. The van der Waals surface area contributed by atoms with Gasteiger partial charge in [-0.05, 0) is 27.7 Å². The second-order valence-corrected chi connectivity index (χ2v) is 7.08. The van der Waals surface area contributed by atoms with Crippen molar-refractivity contribution in [3.63, 3.8) is 0 Å². The fraction of sp³-hybridized carbons (Fsp3) is 1.00. The zero-order valence-electron chi connectivity index (χ0n) is 9.76. The Morgan fingerprint density at radius 3 is 1.38 bits per heavy atom. The van der Waals surface area contributed by atoms with E-state index in [2.05, 4.69) is 0 Å². The van der Waals surface area contributed by atoms with Crippen LogP contribution < -0.4 is 0 Å². The van der Waals surface area contributed by atoms with E-state index in [0.29, 0.717) is 0 Å². The van der Waals surface area contributed by atoms with Crippen molar-refractivity contribution >= 4 is 10.8 Å². The zero-order chi connectivity index (χ0) is 11.1. The van der Waals surface area contributed by atoms with Crippen molar-refractivity contribution in [1.29, 1.82) is 0 Å². The van der Waals surface area contributed by atoms with E-state index in [0.717, 1.165) is 0 Å². The summed E-state index contributed by atoms with van der Waals surface area (Å²) in [6.45, 7) is 11.3. The molecule has 0 heterocycles. The van der Waals surface area contributed by atoms with Gasteiger partial charge in [-0.1, -0.05) is 13.8 Å². The summed E-state index contributed by atoms with van der Waals surface area (Å²) in [6.07, 6.45) is 1.69. The van der Waals surface area contributed by atoms with Crippen LogP contribution in [0.1, 0.15) is 41.5 Å². The first-order chi connectivity index (χ1) is 5.44. The molecule has 0 rings (SSSR count). The summed E-state index contributed by atoms with van der Waals surface area (Å²) in [6, 6.07) is 0. The normalized spacial score (nSPS) is 17.2. The zero-order valence-corrected chi connectivity index (χ0v) is 10.6. The molecule has 0 aliphatic heterocycles. The lowest BCUT2D eigenvalue weighted by atomic mass is 9.69. The van der Waals surface area contributed by atoms with E-state index in [1.807, 2.05) is 27.7 Å². The highest BCUT2D eigenvalue weighted by Gasteiger charge is 2.49. The van der Waals surface area contributed by atoms with Crippen molar-refractivity contribution < 1.29 is 9.32 Å². The van der Waals surface area contributed by atoms with E-state index in [1.165, 1.54) is 0 Å². The van der Waals surface area contributed by atoms with Gasteiger partial charge in [0.25, 0.3) is 0 Å². The second-order valence-electron chi connectivity index (χ2n) is 5.15. The van der Waals surface area contributed by atoms with Gasteiger partial charge in [-0.2, -0.15) is 0 Å². The molecule has 1 unspecified atom stereocenters. The molecule has 0 saturated carbocycles. The molecule has 0 radical (unpaired) electrons. The van der Waals surface area contributed by atoms with Crippen molar-refractivity contribution in [2.75, 3.05) is 6.26 Å². The fourth-order valence-corrected chi connectivity index (χ4v) is 2.06. The second kappa shape index (κ2) is 3.35. The molecule has 1 N–H and O–H groups in total. The van der Waals surface area contributed by atoms with Gasteiger partial charge >= 0.3 is 0 Å². The summed E-state index contributed by atoms with van der Waals surface area (Å²) >= 11 is 0. The molecule has 1 atom stereocenters. The van der Waals surface area contributed by atoms with Crippen LogP contribution in [0.3, 0.4) is 0 Å². The van der Waals surface area contributed by atoms with Crippen LogP contribution in [0.5, 0.6) is 0 Å². The lowest BCUT2D eigenvalue weighted by Gasteiger charge is -2.48. The van der Waals surface area contributed by atoms with E-state index < -0.39 is 21.1 Å². The van der Waals surface area contributed by atoms with E-state index in [-0.39, 0.29) is 5.41 Å². The summed E-state index contributed by atoms with van der Waals surface area (Å²) in [5, 5.41) is 10.00. The predicted molar refractivity (Wildman–Crippen MR) is 58.2 cm³/mol. The van der Waals surface area contributed by atoms with Gasteiger partial charge < -0.3 is 5.11 Å². The van der Waals surface area contributed by atoms with Gasteiger partial charge in [0, 0.05) is 27.2 Å². The third kappa shape index (κ3) is 2.13. The number of hydrogen-bond donors (Lipinski definition) is 1. The van der Waals surface area contributed by atoms with Crippen molar-refractivity contribution in [3.8, 4) is 0 Å². The van der Waals surface area contributed by atoms with Crippen LogP contribution in [-0.4, -0.2) is 25.9 Å². The van der Waals surface area contributed by atoms with Gasteiger partial charge in [0.2, 0.25) is 0 Å². The Bertz CT molecular complexity index is 211. The maximum Gasteiger partial charge on any atom is 0.0656 e. The van der Waals surface area contributed by atoms with E-state index in [1.54, 1.807) is 20.1 Å². The van der Waals surface area contributed by atoms with Gasteiger partial charge in [-0.15, -0.1) is 0 Å². The Balaban J connectivity index is 5.16. The van der Waals surface area contributed by atoms with E-state index in [4.69, 9.17) is 0 Å². The predicted octanol–water partition coefficient (Wildman–Crippen LogP) is 1.94. The average molecular weight is 206 g/mol. The minimum absolute atomic E-state index is 0.389. The maximum atomic E-state index is 11.6. The standard InChI is InChI=1S/C10H22O2S/c1-8(2,9(3,4)11)10(5,6)13(7)12/h11H,1-7H3. The first-order valence-electron chi connectivity index (χ1n) is 4.50. The lowest BCUT2D eigenvalue weighted by molar-refractivity contribution is -0.0516. The smallest absolute Gasteiger partial charge is 0.0656 e. The van der Waals surface area contributed by atoms with Crippen LogP contribution >= 0.6 is 0 Å². The van der Waals surface area contributed by atoms with Gasteiger partial charge in [0.15, 0.2) is 0 Å². The molecule has 0 aromatic carbocycles. The molecule has 0 aromatic heterocycles. The number of rotatable bonds is 3. The highest BCUT2D eigenvalue weighted by molar-refractivity contribution is 7.85. The van der Waals surface area contributed by atoms with Crippen LogP contribution in [-0.2, 0) is 10.8 Å². The highest BCUT2D eigenvalue weighted by Crippen LogP contribution is 2.43. The van der Waals surface area contributed by atoms with Crippen LogP contribution in [0.15, 0.2) is 0 Å². The molecular formula is C10H22O2S. The third-order valence-electron chi connectivity index (χ3n) is 3.75. The molecule has 80 valence electrons. The van der Waals surface area contributed by atoms with Crippen LogP contribution in [0.4, 0.5) is 0 Å². The minimum Gasteiger partial charge on any atom is -0.390 e. The quantitative estimate of drug-likeness (QED) is 0.766. The molecule has 0 spiro atoms. The Kier molecular flexibility index (Phi) is 3.38. The lowest BCUT2D eigenvalue weighted by Crippen LogP contribution is -2.54. The SMILES string of the molecule is CS(=O)C(C)(C)C(C)(C)C(C)(C)O. The van der Waals surface area contributed by atoms with Crippen molar-refractivity contribution in [2.24, 2.45) is 5.41 Å². The number of hydrogen-bond acceptors (Lipinski definition) is 2. The fourth-order valence-electron chi connectivity index (χ4n) is 1.10. The molecule has 0 saturated heterocycles. The molecule has 2 nitrogen and oxygen atoms in total. The van der Waals surface area contributed by atoms with Crippen LogP contribution in [0.2, 0.25) is 0 Å².